The largest absolute Gasteiger partial charge is 0.359 e. The molecule has 166 valence electrons. The zero-order valence-electron chi connectivity index (χ0n) is 16.5. The van der Waals surface area contributed by atoms with Crippen molar-refractivity contribution in [3.05, 3.63) is 58.3 Å². The Hall–Kier alpha value is -2.76. The molecule has 12 heteroatoms. The highest BCUT2D eigenvalue weighted by molar-refractivity contribution is 7.93. The second kappa shape index (κ2) is 7.98. The lowest BCUT2D eigenvalue weighted by atomic mass is 10.1. The molecule has 2 aliphatic heterocycles. The maximum atomic E-state index is 13.8. The van der Waals surface area contributed by atoms with Gasteiger partial charge in [-0.1, -0.05) is 22.9 Å². The highest BCUT2D eigenvalue weighted by atomic mass is 35.5. The van der Waals surface area contributed by atoms with Crippen LogP contribution in [0.5, 0.6) is 0 Å². The van der Waals surface area contributed by atoms with Gasteiger partial charge in [-0.3, -0.25) is 9.52 Å². The van der Waals surface area contributed by atoms with Gasteiger partial charge in [-0.25, -0.2) is 12.8 Å². The van der Waals surface area contributed by atoms with Gasteiger partial charge in [0.1, 0.15) is 17.4 Å². The van der Waals surface area contributed by atoms with Crippen LogP contribution in [0.4, 0.5) is 20.9 Å². The molecule has 8 nitrogen and oxygen atoms in total. The van der Waals surface area contributed by atoms with Crippen LogP contribution in [0.15, 0.2) is 46.8 Å². The van der Waals surface area contributed by atoms with E-state index in [0.717, 1.165) is 22.6 Å². The number of sulfonamides is 1. The number of fused-ring (bicyclic) bond motifs is 1. The van der Waals surface area contributed by atoms with Crippen LogP contribution in [0.1, 0.15) is 12.0 Å². The molecule has 1 unspecified atom stereocenters. The van der Waals surface area contributed by atoms with Gasteiger partial charge in [-0.2, -0.15) is 0 Å². The molecule has 1 saturated heterocycles. The van der Waals surface area contributed by atoms with E-state index < -0.39 is 15.8 Å². The number of carbonyl (C=O) groups excluding carboxylic acids is 1. The Morgan fingerprint density at radius 3 is 2.66 bits per heavy atom. The molecule has 1 amide bonds. The lowest BCUT2D eigenvalue weighted by Crippen LogP contribution is -2.41. The van der Waals surface area contributed by atoms with E-state index in [4.69, 9.17) is 11.6 Å². The number of anilines is 3. The Kier molecular flexibility index (Phi) is 5.26. The van der Waals surface area contributed by atoms with E-state index >= 15 is 0 Å². The zero-order chi connectivity index (χ0) is 22.5. The molecule has 0 bridgehead atoms. The molecule has 1 fully saturated rings. The average molecular weight is 494 g/mol. The van der Waals surface area contributed by atoms with Gasteiger partial charge in [0, 0.05) is 24.5 Å². The van der Waals surface area contributed by atoms with Crippen LogP contribution in [0.2, 0.25) is 5.02 Å². The third-order valence-electron chi connectivity index (χ3n) is 5.68. The molecule has 0 radical (unpaired) electrons. The number of hydrogen-bond donors (Lipinski definition) is 1. The Bertz CT molecular complexity index is 1290. The third kappa shape index (κ3) is 3.59. The Morgan fingerprint density at radius 1 is 1.16 bits per heavy atom. The van der Waals surface area contributed by atoms with Gasteiger partial charge < -0.3 is 9.80 Å². The first-order valence-electron chi connectivity index (χ1n) is 9.79. The number of halogens is 2. The number of carbonyl (C=O) groups is 1. The average Bonchev–Trinajstić information content (AvgIpc) is 3.51. The standard InChI is InChI=1S/C20H17ClFN5O3S2/c21-18-14-7-9-27(16(14)6-5-15(18)22)17-8-10-26(19(17)28)12-1-3-13(4-2-12)32(29,30)25-20-24-23-11-31-20/h1-6,11,17H,7-10H2,(H,24,25). The van der Waals surface area contributed by atoms with E-state index in [1.165, 1.54) is 23.7 Å². The molecule has 1 atom stereocenters. The van der Waals surface area contributed by atoms with Crippen molar-refractivity contribution >= 4 is 55.4 Å². The maximum Gasteiger partial charge on any atom is 0.263 e. The lowest BCUT2D eigenvalue weighted by molar-refractivity contribution is -0.118. The number of nitrogens with one attached hydrogen (secondary N) is 1. The Balaban J connectivity index is 1.33. The number of rotatable bonds is 5. The number of benzene rings is 2. The summed E-state index contributed by atoms with van der Waals surface area (Å²) in [6, 6.07) is 8.74. The highest BCUT2D eigenvalue weighted by Crippen LogP contribution is 2.38. The summed E-state index contributed by atoms with van der Waals surface area (Å²) in [5.41, 5.74) is 3.57. The smallest absolute Gasteiger partial charge is 0.263 e. The predicted molar refractivity (Wildman–Crippen MR) is 120 cm³/mol. The first-order valence-corrected chi connectivity index (χ1v) is 12.5. The van der Waals surface area contributed by atoms with Crippen LogP contribution in [0, 0.1) is 5.82 Å². The van der Waals surface area contributed by atoms with Crippen LogP contribution in [-0.4, -0.2) is 43.7 Å². The summed E-state index contributed by atoms with van der Waals surface area (Å²) < 4.78 is 41.1. The second-order valence-electron chi connectivity index (χ2n) is 7.44. The maximum absolute atomic E-state index is 13.8. The molecule has 0 spiro atoms. The number of amides is 1. The summed E-state index contributed by atoms with van der Waals surface area (Å²) in [5.74, 6) is -0.539. The fourth-order valence-electron chi connectivity index (χ4n) is 4.17. The molecule has 0 aliphatic carbocycles. The SMILES string of the molecule is O=C1C(N2CCc3c2ccc(F)c3Cl)CCN1c1ccc(S(=O)(=O)Nc2nncs2)cc1. The van der Waals surface area contributed by atoms with Crippen molar-refractivity contribution in [2.75, 3.05) is 27.6 Å². The zero-order valence-corrected chi connectivity index (χ0v) is 18.9. The van der Waals surface area contributed by atoms with Crippen molar-refractivity contribution in [1.82, 2.24) is 10.2 Å². The number of hydrogen-bond acceptors (Lipinski definition) is 7. The van der Waals surface area contributed by atoms with Crippen LogP contribution in [0.3, 0.4) is 0 Å². The van der Waals surface area contributed by atoms with Crippen molar-refractivity contribution < 1.29 is 17.6 Å². The molecule has 32 heavy (non-hydrogen) atoms. The molecular formula is C20H17ClFN5O3S2. The monoisotopic (exact) mass is 493 g/mol. The van der Waals surface area contributed by atoms with Gasteiger partial charge in [-0.15, -0.1) is 10.2 Å². The third-order valence-corrected chi connectivity index (χ3v) is 8.18. The minimum absolute atomic E-state index is 0.0600. The quantitative estimate of drug-likeness (QED) is 0.586. The predicted octanol–water partition coefficient (Wildman–Crippen LogP) is 3.30. The highest BCUT2D eigenvalue weighted by Gasteiger charge is 2.39. The summed E-state index contributed by atoms with van der Waals surface area (Å²) in [6.07, 6.45) is 1.19. The van der Waals surface area contributed by atoms with Crippen LogP contribution in [-0.2, 0) is 21.2 Å². The molecule has 3 heterocycles. The van der Waals surface area contributed by atoms with Crippen molar-refractivity contribution in [3.63, 3.8) is 0 Å². The van der Waals surface area contributed by atoms with Crippen LogP contribution < -0.4 is 14.5 Å². The van der Waals surface area contributed by atoms with E-state index in [9.17, 15) is 17.6 Å². The molecule has 3 aromatic rings. The topological polar surface area (TPSA) is 95.5 Å². The van der Waals surface area contributed by atoms with Gasteiger partial charge in [0.15, 0.2) is 0 Å². The van der Waals surface area contributed by atoms with E-state index in [2.05, 4.69) is 14.9 Å². The van der Waals surface area contributed by atoms with Crippen molar-refractivity contribution in [2.45, 2.75) is 23.8 Å². The fourth-order valence-corrected chi connectivity index (χ4v) is 6.12. The summed E-state index contributed by atoms with van der Waals surface area (Å²) in [7, 11) is -3.80. The van der Waals surface area contributed by atoms with E-state index in [0.29, 0.717) is 31.6 Å². The van der Waals surface area contributed by atoms with Crippen LogP contribution in [0.25, 0.3) is 0 Å². The minimum atomic E-state index is -3.80. The van der Waals surface area contributed by atoms with Gasteiger partial charge >= 0.3 is 0 Å². The van der Waals surface area contributed by atoms with Gasteiger partial charge in [0.2, 0.25) is 11.0 Å². The van der Waals surface area contributed by atoms with Gasteiger partial charge in [0.05, 0.1) is 9.92 Å². The summed E-state index contributed by atoms with van der Waals surface area (Å²) in [6.45, 7) is 1.09. The lowest BCUT2D eigenvalue weighted by Gasteiger charge is -2.26. The molecule has 1 N–H and O–H groups in total. The first-order chi connectivity index (χ1) is 15.3. The molecular weight excluding hydrogens is 477 g/mol. The molecule has 0 saturated carbocycles. The van der Waals surface area contributed by atoms with Crippen molar-refractivity contribution in [3.8, 4) is 0 Å². The molecule has 2 aromatic carbocycles. The summed E-state index contributed by atoms with van der Waals surface area (Å²) in [5, 5.41) is 7.58. The normalized spacial score (nSPS) is 18.3. The number of aromatic nitrogens is 2. The van der Waals surface area contributed by atoms with Crippen molar-refractivity contribution in [1.29, 1.82) is 0 Å². The Labute approximate surface area is 192 Å². The van der Waals surface area contributed by atoms with Crippen LogP contribution >= 0.6 is 22.9 Å². The number of nitrogens with zero attached hydrogens (tertiary/aromatic N) is 4. The van der Waals surface area contributed by atoms with E-state index in [1.807, 2.05) is 4.90 Å². The summed E-state index contributed by atoms with van der Waals surface area (Å²) in [4.78, 5) is 16.9. The summed E-state index contributed by atoms with van der Waals surface area (Å²) >= 11 is 7.19. The first kappa shape index (κ1) is 21.1. The minimum Gasteiger partial charge on any atom is -0.359 e. The Morgan fingerprint density at radius 2 is 1.94 bits per heavy atom. The van der Waals surface area contributed by atoms with E-state index in [1.54, 1.807) is 23.1 Å². The van der Waals surface area contributed by atoms with Crippen molar-refractivity contribution in [2.24, 2.45) is 0 Å². The van der Waals surface area contributed by atoms with Gasteiger partial charge in [-0.05, 0) is 54.8 Å². The fraction of sp³-hybridized carbons (Fsp3) is 0.250. The molecule has 5 rings (SSSR count). The second-order valence-corrected chi connectivity index (χ2v) is 10.3. The molecule has 1 aromatic heterocycles. The van der Waals surface area contributed by atoms with E-state index in [-0.39, 0.29) is 27.0 Å². The molecule has 2 aliphatic rings. The van der Waals surface area contributed by atoms with Gasteiger partial charge in [0.25, 0.3) is 10.0 Å².